The van der Waals surface area contributed by atoms with Crippen molar-refractivity contribution in [2.24, 2.45) is 5.92 Å². The minimum atomic E-state index is -3.68. The molecule has 5 heteroatoms. The molecule has 0 radical (unpaired) electrons. The van der Waals surface area contributed by atoms with Gasteiger partial charge in [0.25, 0.3) is 0 Å². The van der Waals surface area contributed by atoms with E-state index in [4.69, 9.17) is 0 Å². The molecule has 0 bridgehead atoms. The minimum absolute atomic E-state index is 0.117. The fourth-order valence-electron chi connectivity index (χ4n) is 1.05. The zero-order chi connectivity index (χ0) is 9.19. The lowest BCUT2D eigenvalue weighted by molar-refractivity contribution is 0.103. The molecule has 0 aromatic heterocycles. The molecule has 0 unspecified atom stereocenters. The average molecular weight is 192 g/mol. The van der Waals surface area contributed by atoms with Crippen LogP contribution in [0, 0.1) is 5.92 Å². The van der Waals surface area contributed by atoms with Crippen molar-refractivity contribution in [1.29, 1.82) is 0 Å². The molecule has 1 saturated heterocycles. The SMILES string of the molecule is C=C(C)CC1COS(=O)(=O)OC1. The first-order valence-electron chi connectivity index (χ1n) is 3.68. The lowest BCUT2D eigenvalue weighted by atomic mass is 10.0. The van der Waals surface area contributed by atoms with E-state index in [-0.39, 0.29) is 19.1 Å². The highest BCUT2D eigenvalue weighted by atomic mass is 32.3. The molecule has 12 heavy (non-hydrogen) atoms. The molecule has 0 aliphatic carbocycles. The minimum Gasteiger partial charge on any atom is -0.248 e. The van der Waals surface area contributed by atoms with Crippen molar-refractivity contribution in [3.05, 3.63) is 12.2 Å². The molecular weight excluding hydrogens is 180 g/mol. The second-order valence-corrected chi connectivity index (χ2v) is 4.29. The van der Waals surface area contributed by atoms with E-state index in [1.807, 2.05) is 6.92 Å². The van der Waals surface area contributed by atoms with Crippen molar-refractivity contribution in [1.82, 2.24) is 0 Å². The highest BCUT2D eigenvalue weighted by molar-refractivity contribution is 7.81. The Bertz CT molecular complexity index is 253. The predicted octanol–water partition coefficient (Wildman–Crippen LogP) is 0.860. The van der Waals surface area contributed by atoms with Gasteiger partial charge in [0.1, 0.15) is 0 Å². The maximum atomic E-state index is 10.6. The highest BCUT2D eigenvalue weighted by Crippen LogP contribution is 2.18. The van der Waals surface area contributed by atoms with E-state index < -0.39 is 10.4 Å². The lowest BCUT2D eigenvalue weighted by Gasteiger charge is -2.21. The van der Waals surface area contributed by atoms with Crippen LogP contribution in [0.2, 0.25) is 0 Å². The van der Waals surface area contributed by atoms with Gasteiger partial charge in [-0.15, -0.1) is 6.58 Å². The summed E-state index contributed by atoms with van der Waals surface area (Å²) in [7, 11) is -3.68. The van der Waals surface area contributed by atoms with E-state index in [1.165, 1.54) is 0 Å². The van der Waals surface area contributed by atoms with Crippen LogP contribution in [0.25, 0.3) is 0 Å². The van der Waals surface area contributed by atoms with Crippen LogP contribution in [0.5, 0.6) is 0 Å². The quantitative estimate of drug-likeness (QED) is 0.609. The molecule has 0 saturated carbocycles. The molecule has 4 nitrogen and oxygen atoms in total. The second-order valence-electron chi connectivity index (χ2n) is 3.00. The Balaban J connectivity index is 2.41. The normalized spacial score (nSPS) is 23.8. The predicted molar refractivity (Wildman–Crippen MR) is 43.7 cm³/mol. The van der Waals surface area contributed by atoms with Gasteiger partial charge in [-0.25, -0.2) is 8.37 Å². The molecular formula is C7H12O4S. The van der Waals surface area contributed by atoms with Crippen molar-refractivity contribution >= 4 is 10.4 Å². The van der Waals surface area contributed by atoms with Crippen molar-refractivity contribution in [2.45, 2.75) is 13.3 Å². The van der Waals surface area contributed by atoms with Gasteiger partial charge in [0.05, 0.1) is 13.2 Å². The van der Waals surface area contributed by atoms with E-state index in [9.17, 15) is 8.42 Å². The summed E-state index contributed by atoms with van der Waals surface area (Å²) in [6, 6.07) is 0. The molecule has 0 spiro atoms. The standard InChI is InChI=1S/C7H12O4S/c1-6(2)3-7-4-10-12(8,9)11-5-7/h7H,1,3-5H2,2H3. The van der Waals surface area contributed by atoms with Gasteiger partial charge in [-0.3, -0.25) is 0 Å². The molecule has 1 rings (SSSR count). The van der Waals surface area contributed by atoms with E-state index in [1.54, 1.807) is 0 Å². The molecule has 0 aromatic rings. The monoisotopic (exact) mass is 192 g/mol. The van der Waals surface area contributed by atoms with Gasteiger partial charge in [0.15, 0.2) is 0 Å². The zero-order valence-corrected chi connectivity index (χ0v) is 7.76. The van der Waals surface area contributed by atoms with Crippen molar-refractivity contribution in [2.75, 3.05) is 13.2 Å². The summed E-state index contributed by atoms with van der Waals surface area (Å²) in [4.78, 5) is 0. The third-order valence-electron chi connectivity index (χ3n) is 1.53. The maximum absolute atomic E-state index is 10.6. The first-order valence-corrected chi connectivity index (χ1v) is 5.01. The van der Waals surface area contributed by atoms with Gasteiger partial charge in [0, 0.05) is 5.92 Å². The van der Waals surface area contributed by atoms with Crippen LogP contribution in [0.15, 0.2) is 12.2 Å². The Morgan fingerprint density at radius 1 is 1.50 bits per heavy atom. The largest absolute Gasteiger partial charge is 0.399 e. The smallest absolute Gasteiger partial charge is 0.248 e. The maximum Gasteiger partial charge on any atom is 0.399 e. The van der Waals surface area contributed by atoms with E-state index in [0.717, 1.165) is 12.0 Å². The first-order chi connectivity index (χ1) is 5.49. The number of allylic oxidation sites excluding steroid dienone is 1. The van der Waals surface area contributed by atoms with Crippen LogP contribution in [-0.2, 0) is 18.8 Å². The van der Waals surface area contributed by atoms with Crippen molar-refractivity contribution in [3.63, 3.8) is 0 Å². The second kappa shape index (κ2) is 3.55. The van der Waals surface area contributed by atoms with E-state index in [0.29, 0.717) is 0 Å². The Hall–Kier alpha value is -0.390. The van der Waals surface area contributed by atoms with Gasteiger partial charge in [-0.2, -0.15) is 8.42 Å². The van der Waals surface area contributed by atoms with Crippen LogP contribution in [0.4, 0.5) is 0 Å². The summed E-state index contributed by atoms with van der Waals surface area (Å²) >= 11 is 0. The van der Waals surface area contributed by atoms with Gasteiger partial charge < -0.3 is 0 Å². The lowest BCUT2D eigenvalue weighted by Crippen LogP contribution is -2.28. The summed E-state index contributed by atoms with van der Waals surface area (Å²) < 4.78 is 30.2. The van der Waals surface area contributed by atoms with Crippen LogP contribution < -0.4 is 0 Å². The molecule has 0 atom stereocenters. The van der Waals surface area contributed by atoms with Crippen molar-refractivity contribution in [3.8, 4) is 0 Å². The third kappa shape index (κ3) is 2.92. The van der Waals surface area contributed by atoms with Crippen molar-refractivity contribution < 1.29 is 16.8 Å². The molecule has 0 amide bonds. The summed E-state index contributed by atoms with van der Waals surface area (Å²) in [5, 5.41) is 0. The summed E-state index contributed by atoms with van der Waals surface area (Å²) in [6.07, 6.45) is 0.746. The Kier molecular flexibility index (Phi) is 2.87. The molecule has 0 N–H and O–H groups in total. The zero-order valence-electron chi connectivity index (χ0n) is 6.95. The summed E-state index contributed by atoms with van der Waals surface area (Å²) in [5.41, 5.74) is 1.01. The Morgan fingerprint density at radius 2 is 2.00 bits per heavy atom. The van der Waals surface area contributed by atoms with Crippen LogP contribution in [0.3, 0.4) is 0 Å². The van der Waals surface area contributed by atoms with E-state index in [2.05, 4.69) is 14.9 Å². The van der Waals surface area contributed by atoms with Gasteiger partial charge >= 0.3 is 10.4 Å². The molecule has 1 aliphatic rings. The van der Waals surface area contributed by atoms with Crippen LogP contribution in [-0.4, -0.2) is 21.6 Å². The number of hydrogen-bond donors (Lipinski definition) is 0. The molecule has 1 aliphatic heterocycles. The van der Waals surface area contributed by atoms with Gasteiger partial charge in [-0.05, 0) is 13.3 Å². The number of hydrogen-bond acceptors (Lipinski definition) is 4. The molecule has 0 aromatic carbocycles. The Morgan fingerprint density at radius 3 is 2.42 bits per heavy atom. The fourth-order valence-corrected chi connectivity index (χ4v) is 1.84. The van der Waals surface area contributed by atoms with Gasteiger partial charge in [0.2, 0.25) is 0 Å². The molecule has 70 valence electrons. The highest BCUT2D eigenvalue weighted by Gasteiger charge is 2.24. The van der Waals surface area contributed by atoms with E-state index >= 15 is 0 Å². The topological polar surface area (TPSA) is 52.6 Å². The summed E-state index contributed by atoms with van der Waals surface area (Å²) in [6.45, 7) is 6.02. The first kappa shape index (κ1) is 9.70. The number of rotatable bonds is 2. The van der Waals surface area contributed by atoms with Crippen LogP contribution in [0.1, 0.15) is 13.3 Å². The third-order valence-corrected chi connectivity index (χ3v) is 2.38. The molecule has 1 heterocycles. The fraction of sp³-hybridized carbons (Fsp3) is 0.714. The molecule has 1 fully saturated rings. The average Bonchev–Trinajstić information content (AvgIpc) is 1.93. The Labute approximate surface area is 72.5 Å². The van der Waals surface area contributed by atoms with Crippen LogP contribution >= 0.6 is 0 Å². The van der Waals surface area contributed by atoms with Gasteiger partial charge in [-0.1, -0.05) is 5.57 Å². The summed E-state index contributed by atoms with van der Waals surface area (Å²) in [5.74, 6) is 0.117.